The van der Waals surface area contributed by atoms with E-state index in [2.05, 4.69) is 29.8 Å². The number of benzene rings is 1. The van der Waals surface area contributed by atoms with Crippen LogP contribution in [-0.2, 0) is 42.0 Å². The fraction of sp³-hybridized carbons (Fsp3) is 0.474. The van der Waals surface area contributed by atoms with Crippen LogP contribution in [0.2, 0.25) is 0 Å². The van der Waals surface area contributed by atoms with Gasteiger partial charge in [-0.3, -0.25) is 9.59 Å². The number of ether oxygens (including phenoxy) is 1. The van der Waals surface area contributed by atoms with Gasteiger partial charge in [-0.1, -0.05) is 38.9 Å². The van der Waals surface area contributed by atoms with Gasteiger partial charge in [0.1, 0.15) is 12.6 Å². The summed E-state index contributed by atoms with van der Waals surface area (Å²) in [6, 6.07) is 5.15. The number of rotatable bonds is 10. The number of carbonyl (C=O) groups is 4. The number of nitrogens with two attached hydrogens (primary N) is 1. The Bertz CT molecular complexity index is 691. The number of primary amides is 1. The van der Waals surface area contributed by atoms with Gasteiger partial charge in [0.05, 0.1) is 0 Å². The zero-order chi connectivity index (χ0) is 22.9. The maximum atomic E-state index is 12.4. The van der Waals surface area contributed by atoms with Crippen LogP contribution in [0, 0.1) is 0 Å². The van der Waals surface area contributed by atoms with Crippen molar-refractivity contribution in [3.8, 4) is 0 Å². The average molecular weight is 624 g/mol. The predicted octanol–water partition coefficient (Wildman–Crippen LogP) is 2.54. The summed E-state index contributed by atoms with van der Waals surface area (Å²) in [4.78, 5) is 45.3. The van der Waals surface area contributed by atoms with Crippen LogP contribution in [-0.4, -0.2) is 42.7 Å². The van der Waals surface area contributed by atoms with Gasteiger partial charge in [0, 0.05) is 33.3 Å². The van der Waals surface area contributed by atoms with Crippen molar-refractivity contribution in [1.29, 1.82) is 0 Å². The molecule has 31 heavy (non-hydrogen) atoms. The number of hydrogen-bond acceptors (Lipinski definition) is 5. The normalized spacial score (nSPS) is 10.3. The minimum absolute atomic E-state index is 0. The molecule has 0 radical (unpaired) electrons. The zero-order valence-corrected chi connectivity index (χ0v) is 21.8. The van der Waals surface area contributed by atoms with E-state index in [-0.39, 0.29) is 40.6 Å². The molecule has 0 saturated heterocycles. The third kappa shape index (κ3) is 16.4. The molecule has 0 bridgehead atoms. The van der Waals surface area contributed by atoms with Gasteiger partial charge in [-0.05, 0) is 39.8 Å². The van der Waals surface area contributed by atoms with Crippen molar-refractivity contribution in [3.63, 3.8) is 0 Å². The van der Waals surface area contributed by atoms with E-state index in [1.165, 1.54) is 6.42 Å². The second-order valence-corrected chi connectivity index (χ2v) is 6.70. The first-order valence-electron chi connectivity index (χ1n) is 9.52. The Morgan fingerprint density at radius 2 is 1.74 bits per heavy atom. The molecule has 1 aromatic carbocycles. The van der Waals surface area contributed by atoms with E-state index < -0.39 is 36.1 Å². The van der Waals surface area contributed by atoms with Gasteiger partial charge in [-0.2, -0.15) is 0 Å². The molecular weight excluding hydrogens is 593 g/mol. The van der Waals surface area contributed by atoms with Gasteiger partial charge in [0.2, 0.25) is 5.91 Å². The van der Waals surface area contributed by atoms with Crippen LogP contribution in [0.5, 0.6) is 0 Å². The molecule has 1 rings (SSSR count). The molecule has 0 fully saturated rings. The Balaban J connectivity index is 0. The van der Waals surface area contributed by atoms with E-state index in [0.29, 0.717) is 12.1 Å². The fourth-order valence-corrected chi connectivity index (χ4v) is 2.18. The minimum Gasteiger partial charge on any atom is -0.670 e. The molecule has 0 aromatic heterocycles. The second-order valence-electron chi connectivity index (χ2n) is 6.23. The summed E-state index contributed by atoms with van der Waals surface area (Å²) >= 11 is 0. The smallest absolute Gasteiger partial charge is 0.320 e. The van der Waals surface area contributed by atoms with Gasteiger partial charge >= 0.3 is 11.7 Å². The molecule has 10 nitrogen and oxygen atoms in total. The number of hydrogen-bond donors (Lipinski definition) is 4. The van der Waals surface area contributed by atoms with E-state index in [4.69, 9.17) is 16.2 Å². The van der Waals surface area contributed by atoms with Crippen molar-refractivity contribution in [3.05, 3.63) is 35.6 Å². The molecule has 2 atom stereocenters. The number of amides is 4. The van der Waals surface area contributed by atoms with Gasteiger partial charge in [0.25, 0.3) is 0 Å². The first-order chi connectivity index (χ1) is 14.2. The molecule has 0 aliphatic heterocycles. The molecular formula is C19H31N5O5PW-. The molecule has 0 spiro atoms. The maximum Gasteiger partial charge on any atom is 0.320 e. The van der Waals surface area contributed by atoms with E-state index in [9.17, 15) is 19.2 Å². The van der Waals surface area contributed by atoms with Crippen LogP contribution in [0.4, 0.5) is 15.3 Å². The quantitative estimate of drug-likeness (QED) is 0.232. The third-order valence-corrected chi connectivity index (χ3v) is 3.55. The van der Waals surface area contributed by atoms with Crippen molar-refractivity contribution >= 4 is 38.5 Å². The standard InChI is InChI=1S/C16H23N5O5P.C3H8.W/c17-8-13(22)21-12(2-1-7-19-15(18)24)14(23)20-11-5-3-10(4-6-11)9-26-16(25)27;1-3-2;/h3-6,12,17H,1-2,7-9,27H2,(H,20,23)(H,21,22)(H3,18,19,24);3H2,1-2H3;/q-1;;. The van der Waals surface area contributed by atoms with Crippen LogP contribution in [0.3, 0.4) is 0 Å². The van der Waals surface area contributed by atoms with Crippen LogP contribution >= 0.6 is 9.24 Å². The van der Waals surface area contributed by atoms with Gasteiger partial charge in [-0.15, -0.1) is 0 Å². The molecule has 2 unspecified atom stereocenters. The summed E-state index contributed by atoms with van der Waals surface area (Å²) in [5.74, 6) is -1.02. The van der Waals surface area contributed by atoms with Gasteiger partial charge in [0.15, 0.2) is 5.91 Å². The van der Waals surface area contributed by atoms with Crippen molar-refractivity contribution < 1.29 is 45.0 Å². The summed E-state index contributed by atoms with van der Waals surface area (Å²) < 4.78 is 4.85. The fourth-order valence-electron chi connectivity index (χ4n) is 2.10. The number of anilines is 1. The molecule has 12 heteroatoms. The second kappa shape index (κ2) is 18.7. The first kappa shape index (κ1) is 31.2. The van der Waals surface area contributed by atoms with Gasteiger partial charge in [-0.25, -0.2) is 9.59 Å². The van der Waals surface area contributed by atoms with Gasteiger partial charge < -0.3 is 32.2 Å². The largest absolute Gasteiger partial charge is 0.670 e. The Kier molecular flexibility index (Phi) is 18.8. The molecule has 174 valence electrons. The van der Waals surface area contributed by atoms with Crippen LogP contribution in [0.1, 0.15) is 38.7 Å². The Labute approximate surface area is 199 Å². The SMILES string of the molecule is CCC.[NH-]CC(=O)NC(CCCNC(N)=O)C(=O)Nc1ccc(COC(=O)P)cc1.[W]. The summed E-state index contributed by atoms with van der Waals surface area (Å²) in [6.07, 6.45) is 1.93. The first-order valence-corrected chi connectivity index (χ1v) is 10.1. The number of nitrogens with one attached hydrogen (secondary N) is 4. The third-order valence-electron chi connectivity index (χ3n) is 3.38. The topological polar surface area (TPSA) is 163 Å². The monoisotopic (exact) mass is 624 g/mol. The minimum atomic E-state index is -0.852. The molecule has 0 aliphatic rings. The summed E-state index contributed by atoms with van der Waals surface area (Å²) in [5.41, 5.74) is 12.8. The summed E-state index contributed by atoms with van der Waals surface area (Å²) in [6.45, 7) is 4.14. The molecule has 4 amide bonds. The number of urea groups is 1. The Morgan fingerprint density at radius 1 is 1.16 bits per heavy atom. The Hall–Kier alpha value is -2.02. The van der Waals surface area contributed by atoms with Crippen molar-refractivity contribution in [1.82, 2.24) is 10.6 Å². The number of carbonyl (C=O) groups excluding carboxylic acids is 4. The predicted molar refractivity (Wildman–Crippen MR) is 119 cm³/mol. The molecule has 0 aliphatic carbocycles. The van der Waals surface area contributed by atoms with Crippen LogP contribution in [0.15, 0.2) is 24.3 Å². The Morgan fingerprint density at radius 3 is 2.23 bits per heavy atom. The van der Waals surface area contributed by atoms with Crippen molar-refractivity contribution in [2.45, 2.75) is 45.8 Å². The van der Waals surface area contributed by atoms with E-state index in [1.807, 2.05) is 9.24 Å². The maximum absolute atomic E-state index is 12.4. The van der Waals surface area contributed by atoms with Crippen LogP contribution < -0.4 is 21.7 Å². The molecule has 0 saturated carbocycles. The zero-order valence-electron chi connectivity index (χ0n) is 17.7. The average Bonchev–Trinajstić information content (AvgIpc) is 2.69. The van der Waals surface area contributed by atoms with E-state index in [1.54, 1.807) is 24.3 Å². The summed E-state index contributed by atoms with van der Waals surface area (Å²) in [7, 11) is 1.91. The van der Waals surface area contributed by atoms with E-state index >= 15 is 0 Å². The van der Waals surface area contributed by atoms with E-state index in [0.717, 1.165) is 5.56 Å². The molecule has 1 aromatic rings. The van der Waals surface area contributed by atoms with Crippen LogP contribution in [0.25, 0.3) is 5.73 Å². The summed E-state index contributed by atoms with van der Waals surface area (Å²) in [5, 5.41) is 7.55. The molecule has 6 N–H and O–H groups in total. The van der Waals surface area contributed by atoms with Crippen molar-refractivity contribution in [2.75, 3.05) is 18.4 Å². The van der Waals surface area contributed by atoms with Crippen molar-refractivity contribution in [2.24, 2.45) is 5.73 Å². The molecule has 0 heterocycles.